The molecule has 0 unspecified atom stereocenters. The van der Waals surface area contributed by atoms with Crippen LogP contribution in [0.25, 0.3) is 22.0 Å². The lowest BCUT2D eigenvalue weighted by Crippen LogP contribution is -2.07. The van der Waals surface area contributed by atoms with Gasteiger partial charge in [0.1, 0.15) is 0 Å². The summed E-state index contributed by atoms with van der Waals surface area (Å²) in [6, 6.07) is 15.8. The molecule has 4 nitrogen and oxygen atoms in total. The zero-order chi connectivity index (χ0) is 16.9. The minimum atomic E-state index is -0.0616. The Kier molecular flexibility index (Phi) is 4.57. The smallest absolute Gasteiger partial charge is 0.256 e. The van der Waals surface area contributed by atoms with Crippen LogP contribution in [0, 0.1) is 6.92 Å². The van der Waals surface area contributed by atoms with Crippen LogP contribution in [-0.2, 0) is 6.54 Å². The predicted octanol–water partition coefficient (Wildman–Crippen LogP) is 3.55. The summed E-state index contributed by atoms with van der Waals surface area (Å²) in [5.41, 5.74) is 9.19. The molecule has 3 rings (SSSR count). The third-order valence-corrected chi connectivity index (χ3v) is 3.95. The molecule has 24 heavy (non-hydrogen) atoms. The highest BCUT2D eigenvalue weighted by Gasteiger charge is 2.06. The molecule has 0 atom stereocenters. The molecular weight excluding hydrogens is 298 g/mol. The van der Waals surface area contributed by atoms with Gasteiger partial charge in [0.25, 0.3) is 5.56 Å². The molecule has 0 spiro atoms. The molecule has 4 heteroatoms. The zero-order valence-electron chi connectivity index (χ0n) is 13.5. The van der Waals surface area contributed by atoms with Gasteiger partial charge in [-0.25, -0.2) is 0 Å². The number of aryl methyl sites for hydroxylation is 1. The van der Waals surface area contributed by atoms with Crippen molar-refractivity contribution >= 4 is 17.0 Å². The van der Waals surface area contributed by atoms with E-state index in [0.717, 1.165) is 33.2 Å². The highest BCUT2D eigenvalue weighted by atomic mass is 16.1. The van der Waals surface area contributed by atoms with E-state index >= 15 is 0 Å². The number of nitrogens with two attached hydrogens (primary N) is 1. The molecule has 0 saturated heterocycles. The molecule has 1 aromatic heterocycles. The lowest BCUT2D eigenvalue weighted by molar-refractivity contribution is 1.08. The Hall–Kier alpha value is -3.14. The summed E-state index contributed by atoms with van der Waals surface area (Å²) in [6.45, 7) is 2.61. The molecule has 0 saturated carbocycles. The van der Waals surface area contributed by atoms with E-state index in [0.29, 0.717) is 6.54 Å². The molecular formula is C20H19N3O. The first-order valence-electron chi connectivity index (χ1n) is 7.77. The van der Waals surface area contributed by atoms with Crippen molar-refractivity contribution in [3.63, 3.8) is 0 Å². The first kappa shape index (κ1) is 15.7. The summed E-state index contributed by atoms with van der Waals surface area (Å²) >= 11 is 0. The van der Waals surface area contributed by atoms with Crippen LogP contribution < -0.4 is 11.3 Å². The molecule has 120 valence electrons. The van der Waals surface area contributed by atoms with Crippen molar-refractivity contribution in [1.29, 1.82) is 0 Å². The van der Waals surface area contributed by atoms with Gasteiger partial charge in [-0.3, -0.25) is 9.79 Å². The van der Waals surface area contributed by atoms with Gasteiger partial charge in [0, 0.05) is 17.3 Å². The van der Waals surface area contributed by atoms with Crippen LogP contribution in [0.2, 0.25) is 0 Å². The van der Waals surface area contributed by atoms with Crippen molar-refractivity contribution in [3.05, 3.63) is 82.3 Å². The molecule has 0 radical (unpaired) electrons. The number of aliphatic imine (C=N–C) groups is 1. The Morgan fingerprint density at radius 2 is 1.92 bits per heavy atom. The van der Waals surface area contributed by atoms with Gasteiger partial charge in [0.15, 0.2) is 0 Å². The number of nitrogens with zero attached hydrogens (tertiary/aromatic N) is 1. The quantitative estimate of drug-likeness (QED) is 0.722. The standard InChI is InChI=1S/C20H19N3O/c1-14-4-2-5-17-18(14)12-19(23-20(17)24)16-8-6-15(7-9-16)13-22-11-3-10-21/h2-12H,13,21H2,1H3,(H,23,24)/b10-3-,22-11?. The number of aromatic nitrogens is 1. The van der Waals surface area contributed by atoms with E-state index in [4.69, 9.17) is 5.73 Å². The monoisotopic (exact) mass is 317 g/mol. The summed E-state index contributed by atoms with van der Waals surface area (Å²) in [5, 5.41) is 1.70. The summed E-state index contributed by atoms with van der Waals surface area (Å²) in [4.78, 5) is 19.5. The fraction of sp³-hybridized carbons (Fsp3) is 0.100. The van der Waals surface area contributed by atoms with E-state index < -0.39 is 0 Å². The summed E-state index contributed by atoms with van der Waals surface area (Å²) in [5.74, 6) is 0. The van der Waals surface area contributed by atoms with Gasteiger partial charge in [0.2, 0.25) is 0 Å². The fourth-order valence-corrected chi connectivity index (χ4v) is 2.65. The van der Waals surface area contributed by atoms with Crippen LogP contribution in [0.3, 0.4) is 0 Å². The van der Waals surface area contributed by atoms with Crippen molar-refractivity contribution in [2.75, 3.05) is 0 Å². The number of hydrogen-bond acceptors (Lipinski definition) is 3. The van der Waals surface area contributed by atoms with Gasteiger partial charge in [-0.15, -0.1) is 0 Å². The summed E-state index contributed by atoms with van der Waals surface area (Å²) < 4.78 is 0. The van der Waals surface area contributed by atoms with E-state index in [2.05, 4.69) is 9.98 Å². The summed E-state index contributed by atoms with van der Waals surface area (Å²) in [7, 11) is 0. The van der Waals surface area contributed by atoms with Gasteiger partial charge in [-0.1, -0.05) is 36.4 Å². The molecule has 0 fully saturated rings. The maximum absolute atomic E-state index is 12.3. The van der Waals surface area contributed by atoms with Crippen LogP contribution in [0.5, 0.6) is 0 Å². The number of H-pyrrole nitrogens is 1. The molecule has 1 heterocycles. The average Bonchev–Trinajstić information content (AvgIpc) is 2.60. The van der Waals surface area contributed by atoms with E-state index in [9.17, 15) is 4.79 Å². The largest absolute Gasteiger partial charge is 0.405 e. The second-order valence-corrected chi connectivity index (χ2v) is 5.62. The SMILES string of the molecule is Cc1cccc2c(=O)[nH]c(-c3ccc(CN=C/C=C\N)cc3)cc12. The first-order chi connectivity index (χ1) is 11.7. The van der Waals surface area contributed by atoms with Gasteiger partial charge in [0.05, 0.1) is 6.54 Å². The normalized spacial score (nSPS) is 11.7. The maximum Gasteiger partial charge on any atom is 0.256 e. The van der Waals surface area contributed by atoms with Crippen molar-refractivity contribution in [2.24, 2.45) is 10.7 Å². The van der Waals surface area contributed by atoms with Crippen molar-refractivity contribution in [2.45, 2.75) is 13.5 Å². The molecule has 0 aliphatic heterocycles. The van der Waals surface area contributed by atoms with Crippen LogP contribution in [0.1, 0.15) is 11.1 Å². The van der Waals surface area contributed by atoms with E-state index in [1.54, 1.807) is 12.3 Å². The maximum atomic E-state index is 12.3. The lowest BCUT2D eigenvalue weighted by Gasteiger charge is -2.07. The number of nitrogens with one attached hydrogen (secondary N) is 1. The third-order valence-electron chi connectivity index (χ3n) is 3.95. The van der Waals surface area contributed by atoms with Gasteiger partial charge >= 0.3 is 0 Å². The number of pyridine rings is 1. The molecule has 3 N–H and O–H groups in total. The molecule has 0 bridgehead atoms. The van der Waals surface area contributed by atoms with Crippen LogP contribution in [0.4, 0.5) is 0 Å². The molecule has 2 aromatic carbocycles. The molecule has 0 aliphatic rings. The van der Waals surface area contributed by atoms with Crippen LogP contribution in [0.15, 0.2) is 70.6 Å². The topological polar surface area (TPSA) is 71.2 Å². The minimum Gasteiger partial charge on any atom is -0.405 e. The van der Waals surface area contributed by atoms with E-state index in [1.807, 2.05) is 55.5 Å². The average molecular weight is 317 g/mol. The molecule has 0 amide bonds. The van der Waals surface area contributed by atoms with E-state index in [1.165, 1.54) is 6.20 Å². The number of hydrogen-bond donors (Lipinski definition) is 2. The zero-order valence-corrected chi connectivity index (χ0v) is 13.5. The van der Waals surface area contributed by atoms with Crippen LogP contribution in [-0.4, -0.2) is 11.2 Å². The lowest BCUT2D eigenvalue weighted by atomic mass is 10.0. The van der Waals surface area contributed by atoms with Crippen LogP contribution >= 0.6 is 0 Å². The summed E-state index contributed by atoms with van der Waals surface area (Å²) in [6.07, 6.45) is 4.82. The third kappa shape index (κ3) is 3.27. The highest BCUT2D eigenvalue weighted by Crippen LogP contribution is 2.22. The van der Waals surface area contributed by atoms with Gasteiger partial charge < -0.3 is 10.7 Å². The second-order valence-electron chi connectivity index (χ2n) is 5.62. The predicted molar refractivity (Wildman–Crippen MR) is 100 cm³/mol. The number of rotatable bonds is 4. The Morgan fingerprint density at radius 1 is 1.12 bits per heavy atom. The van der Waals surface area contributed by atoms with E-state index in [-0.39, 0.29) is 5.56 Å². The van der Waals surface area contributed by atoms with Crippen molar-refractivity contribution in [1.82, 2.24) is 4.98 Å². The Labute approximate surface area is 140 Å². The Bertz CT molecular complexity index is 966. The minimum absolute atomic E-state index is 0.0616. The van der Waals surface area contributed by atoms with Crippen molar-refractivity contribution in [3.8, 4) is 11.3 Å². The molecule has 3 aromatic rings. The Balaban J connectivity index is 1.93. The number of fused-ring (bicyclic) bond motifs is 1. The number of allylic oxidation sites excluding steroid dienone is 1. The van der Waals surface area contributed by atoms with Gasteiger partial charge in [-0.05, 0) is 53.4 Å². The molecule has 0 aliphatic carbocycles. The van der Waals surface area contributed by atoms with Gasteiger partial charge in [-0.2, -0.15) is 0 Å². The number of aromatic amines is 1. The highest BCUT2D eigenvalue weighted by molar-refractivity contribution is 5.87. The second kappa shape index (κ2) is 6.96. The first-order valence-corrected chi connectivity index (χ1v) is 7.77. The van der Waals surface area contributed by atoms with Crippen molar-refractivity contribution < 1.29 is 0 Å². The fourth-order valence-electron chi connectivity index (χ4n) is 2.65. The Morgan fingerprint density at radius 3 is 2.67 bits per heavy atom. The number of benzene rings is 2.